The summed E-state index contributed by atoms with van der Waals surface area (Å²) >= 11 is 0. The molecular formula is C26H44O18. The number of aliphatic hydroxyl groups is 13. The van der Waals surface area contributed by atoms with Crippen LogP contribution in [-0.2, 0) is 23.7 Å². The molecule has 18 nitrogen and oxygen atoms in total. The molecular weight excluding hydrogens is 600 g/mol. The predicted octanol–water partition coefficient (Wildman–Crippen LogP) is -7.27. The summed E-state index contributed by atoms with van der Waals surface area (Å²) in [5.41, 5.74) is 0.0850. The largest absolute Gasteiger partial charge is 0.394 e. The maximum atomic E-state index is 11.0. The standard InChI is InChI=1S/C26H44O18/c1-7-10(3-8-2-9(4-27)14(31)16(33)13(8)30)15(32)20(37)25(40-7)43-23-12(6-29)42-26(21(38)18(23)35)44-22-11(5-28)41-24(39)19(36)17(22)34/h2,7-8,10-39H,3-6H2,1H3/t7?,8?,10-,11?,12?,13?,14?,15+,16?,17-,18-,19?,20?,21?,22-,23-,24?,25-,26-/m1/s1. The summed E-state index contributed by atoms with van der Waals surface area (Å²) in [6.07, 6.45) is -25.9. The lowest BCUT2D eigenvalue weighted by atomic mass is 9.75. The Hall–Kier alpha value is -0.980. The van der Waals surface area contributed by atoms with Crippen LogP contribution in [0.1, 0.15) is 13.3 Å². The summed E-state index contributed by atoms with van der Waals surface area (Å²) in [5, 5.41) is 133. The summed E-state index contributed by atoms with van der Waals surface area (Å²) in [4.78, 5) is 0. The number of aliphatic hydroxyl groups excluding tert-OH is 13. The zero-order chi connectivity index (χ0) is 32.6. The number of hydrogen-bond acceptors (Lipinski definition) is 18. The average Bonchev–Trinajstić information content (AvgIpc) is 3.00. The van der Waals surface area contributed by atoms with Gasteiger partial charge in [0.05, 0.1) is 38.1 Å². The Morgan fingerprint density at radius 1 is 0.614 bits per heavy atom. The first kappa shape index (κ1) is 35.9. The Kier molecular flexibility index (Phi) is 12.1. The van der Waals surface area contributed by atoms with E-state index >= 15 is 0 Å². The van der Waals surface area contributed by atoms with Crippen LogP contribution in [0.15, 0.2) is 11.6 Å². The summed E-state index contributed by atoms with van der Waals surface area (Å²) in [6, 6.07) is 0. The quantitative estimate of drug-likeness (QED) is 0.104. The van der Waals surface area contributed by atoms with E-state index < -0.39 is 136 Å². The predicted molar refractivity (Wildman–Crippen MR) is 139 cm³/mol. The third kappa shape index (κ3) is 6.98. The highest BCUT2D eigenvalue weighted by atomic mass is 16.7. The van der Waals surface area contributed by atoms with Crippen molar-refractivity contribution in [3.05, 3.63) is 11.6 Å². The van der Waals surface area contributed by atoms with Gasteiger partial charge in [0.2, 0.25) is 0 Å². The summed E-state index contributed by atoms with van der Waals surface area (Å²) in [5.74, 6) is -1.67. The van der Waals surface area contributed by atoms with Crippen LogP contribution in [-0.4, -0.2) is 191 Å². The lowest BCUT2D eigenvalue weighted by Gasteiger charge is -2.48. The van der Waals surface area contributed by atoms with Crippen molar-refractivity contribution in [2.75, 3.05) is 19.8 Å². The van der Waals surface area contributed by atoms with Gasteiger partial charge in [0.25, 0.3) is 0 Å². The minimum Gasteiger partial charge on any atom is -0.394 e. The van der Waals surface area contributed by atoms with Crippen LogP contribution in [0.4, 0.5) is 0 Å². The molecule has 4 rings (SSSR count). The van der Waals surface area contributed by atoms with Gasteiger partial charge >= 0.3 is 0 Å². The molecule has 18 heteroatoms. The first-order valence-corrected chi connectivity index (χ1v) is 14.4. The maximum absolute atomic E-state index is 11.0. The van der Waals surface area contributed by atoms with Crippen molar-refractivity contribution >= 4 is 0 Å². The second-order valence-corrected chi connectivity index (χ2v) is 11.7. The monoisotopic (exact) mass is 644 g/mol. The molecule has 1 aliphatic carbocycles. The number of ether oxygens (including phenoxy) is 5. The van der Waals surface area contributed by atoms with E-state index in [1.165, 1.54) is 13.0 Å². The maximum Gasteiger partial charge on any atom is 0.187 e. The van der Waals surface area contributed by atoms with Crippen molar-refractivity contribution in [1.29, 1.82) is 0 Å². The number of rotatable bonds is 9. The van der Waals surface area contributed by atoms with Gasteiger partial charge in [-0.2, -0.15) is 0 Å². The molecule has 3 aliphatic heterocycles. The third-order valence-electron chi connectivity index (χ3n) is 8.91. The molecule has 3 fully saturated rings. The lowest BCUT2D eigenvalue weighted by molar-refractivity contribution is -0.375. The SMILES string of the molecule is CC1O[C@H](O[C@@H]2C(CO)O[C@H](O[C@@H]3C(CO)OC(O)C(O)[C@H]3O)C(O)[C@H]2O)C(O)[C@@H](O)[C@@H]1CC1C=C(CO)C(O)C(O)C1O. The molecule has 0 saturated carbocycles. The van der Waals surface area contributed by atoms with Crippen molar-refractivity contribution in [1.82, 2.24) is 0 Å². The Bertz CT molecular complexity index is 952. The molecule has 3 heterocycles. The minimum absolute atomic E-state index is 0.0377. The molecule has 0 spiro atoms. The van der Waals surface area contributed by atoms with Crippen LogP contribution in [0.3, 0.4) is 0 Å². The van der Waals surface area contributed by atoms with Crippen LogP contribution in [0, 0.1) is 11.8 Å². The summed E-state index contributed by atoms with van der Waals surface area (Å²) < 4.78 is 27.5. The van der Waals surface area contributed by atoms with Crippen LogP contribution in [0.5, 0.6) is 0 Å². The smallest absolute Gasteiger partial charge is 0.187 e. The highest BCUT2D eigenvalue weighted by molar-refractivity contribution is 5.19. The Morgan fingerprint density at radius 2 is 1.14 bits per heavy atom. The Labute approximate surface area is 251 Å². The molecule has 0 radical (unpaired) electrons. The van der Waals surface area contributed by atoms with Gasteiger partial charge in [-0.1, -0.05) is 6.08 Å². The molecule has 13 N–H and O–H groups in total. The zero-order valence-electron chi connectivity index (χ0n) is 23.7. The van der Waals surface area contributed by atoms with Crippen molar-refractivity contribution in [2.45, 2.75) is 118 Å². The van der Waals surface area contributed by atoms with Crippen molar-refractivity contribution in [3.8, 4) is 0 Å². The van der Waals surface area contributed by atoms with Gasteiger partial charge < -0.3 is 90.1 Å². The summed E-state index contributed by atoms with van der Waals surface area (Å²) in [6.45, 7) is -0.633. The normalized spacial score (nSPS) is 52.0. The van der Waals surface area contributed by atoms with Crippen molar-refractivity contribution in [2.24, 2.45) is 11.8 Å². The van der Waals surface area contributed by atoms with Crippen molar-refractivity contribution < 1.29 is 90.1 Å². The van der Waals surface area contributed by atoms with E-state index in [1.54, 1.807) is 0 Å². The van der Waals surface area contributed by atoms with Gasteiger partial charge in [-0.25, -0.2) is 0 Å². The van der Waals surface area contributed by atoms with Gasteiger partial charge in [-0.3, -0.25) is 0 Å². The topological polar surface area (TPSA) is 309 Å². The fourth-order valence-corrected chi connectivity index (χ4v) is 6.21. The van der Waals surface area contributed by atoms with Crippen LogP contribution < -0.4 is 0 Å². The molecule has 3 saturated heterocycles. The summed E-state index contributed by atoms with van der Waals surface area (Å²) in [7, 11) is 0. The first-order valence-electron chi connectivity index (χ1n) is 14.4. The molecule has 11 unspecified atom stereocenters. The van der Waals surface area contributed by atoms with E-state index in [0.717, 1.165) is 0 Å². The first-order chi connectivity index (χ1) is 20.7. The van der Waals surface area contributed by atoms with Gasteiger partial charge in [0, 0.05) is 11.8 Å². The van der Waals surface area contributed by atoms with Gasteiger partial charge in [0.1, 0.15) is 67.1 Å². The van der Waals surface area contributed by atoms with Crippen molar-refractivity contribution in [3.63, 3.8) is 0 Å². The zero-order valence-corrected chi connectivity index (χ0v) is 23.7. The molecule has 256 valence electrons. The highest BCUT2D eigenvalue weighted by Gasteiger charge is 2.53. The molecule has 0 aromatic heterocycles. The van der Waals surface area contributed by atoms with Gasteiger partial charge in [-0.05, 0) is 18.9 Å². The Balaban J connectivity index is 1.42. The Morgan fingerprint density at radius 3 is 1.70 bits per heavy atom. The third-order valence-corrected chi connectivity index (χ3v) is 8.91. The average molecular weight is 645 g/mol. The fourth-order valence-electron chi connectivity index (χ4n) is 6.21. The van der Waals surface area contributed by atoms with E-state index in [-0.39, 0.29) is 12.0 Å². The van der Waals surface area contributed by atoms with E-state index in [2.05, 4.69) is 0 Å². The van der Waals surface area contributed by atoms with Gasteiger partial charge in [0.15, 0.2) is 18.9 Å². The fraction of sp³-hybridized carbons (Fsp3) is 0.923. The second-order valence-electron chi connectivity index (χ2n) is 11.7. The van der Waals surface area contributed by atoms with E-state index in [0.29, 0.717) is 0 Å². The molecule has 0 aromatic carbocycles. The van der Waals surface area contributed by atoms with Crippen LogP contribution in [0.25, 0.3) is 0 Å². The second kappa shape index (κ2) is 14.8. The van der Waals surface area contributed by atoms with Crippen LogP contribution in [0.2, 0.25) is 0 Å². The van der Waals surface area contributed by atoms with E-state index in [9.17, 15) is 66.4 Å². The highest BCUT2D eigenvalue weighted by Crippen LogP contribution is 2.38. The van der Waals surface area contributed by atoms with Crippen LogP contribution >= 0.6 is 0 Å². The lowest BCUT2D eigenvalue weighted by Crippen LogP contribution is -2.66. The molecule has 44 heavy (non-hydrogen) atoms. The molecule has 0 bridgehead atoms. The van der Waals surface area contributed by atoms with Gasteiger partial charge in [-0.15, -0.1) is 0 Å². The molecule has 0 aromatic rings. The number of hydrogen-bond donors (Lipinski definition) is 13. The van der Waals surface area contributed by atoms with E-state index in [1.807, 2.05) is 0 Å². The molecule has 0 amide bonds. The van der Waals surface area contributed by atoms with E-state index in [4.69, 9.17) is 23.7 Å². The minimum atomic E-state index is -1.92. The molecule has 19 atom stereocenters. The molecule has 4 aliphatic rings.